The van der Waals surface area contributed by atoms with Crippen molar-refractivity contribution in [2.75, 3.05) is 0 Å². The fraction of sp³-hybridized carbons (Fsp3) is 0.471. The molecule has 5 rings (SSSR count). The molecule has 1 aliphatic carbocycles. The number of unbranched alkanes of at least 4 members (excludes halogenated alkanes) is 2. The van der Waals surface area contributed by atoms with Crippen LogP contribution in [0.1, 0.15) is 70.3 Å². The Kier molecular flexibility index (Phi) is 8.68. The predicted octanol–water partition coefficient (Wildman–Crippen LogP) is 9.10. The van der Waals surface area contributed by atoms with E-state index in [-0.39, 0.29) is 5.56 Å². The van der Waals surface area contributed by atoms with E-state index in [0.29, 0.717) is 11.5 Å². The molecule has 1 saturated carbocycles. The van der Waals surface area contributed by atoms with Gasteiger partial charge in [0.2, 0.25) is 0 Å². The maximum Gasteiger partial charge on any atom is 0.194 e. The molecule has 1 N–H and O–H groups in total. The van der Waals surface area contributed by atoms with Crippen molar-refractivity contribution in [1.82, 2.24) is 0 Å². The van der Waals surface area contributed by atoms with Crippen molar-refractivity contribution in [2.24, 2.45) is 11.8 Å². The molecule has 0 aromatic heterocycles. The summed E-state index contributed by atoms with van der Waals surface area (Å²) in [6.45, 7) is 2.29. The average Bonchev–Trinajstić information content (AvgIpc) is 2.97. The minimum Gasteiger partial charge on any atom is -0.385 e. The van der Waals surface area contributed by atoms with Gasteiger partial charge in [0.25, 0.3) is 0 Å². The lowest BCUT2D eigenvalue weighted by Crippen LogP contribution is -2.50. The molecule has 1 nitrogen and oxygen atoms in total. The summed E-state index contributed by atoms with van der Waals surface area (Å²) in [5.41, 5.74) is 0.866. The Labute approximate surface area is 232 Å². The van der Waals surface area contributed by atoms with Gasteiger partial charge in [0.15, 0.2) is 17.5 Å². The SMILES string of the molecule is CCCCC[Si]1(c2ccccc2)CCC(C2CCC(O)(c3ccc(-c4cc(F)c(F)c(F)c4)cc3)CC2)CC1. The summed E-state index contributed by atoms with van der Waals surface area (Å²) in [7, 11) is -1.44. The smallest absolute Gasteiger partial charge is 0.194 e. The summed E-state index contributed by atoms with van der Waals surface area (Å²) in [6, 6.07) is 24.9. The molecular weight excluding hydrogens is 509 g/mol. The Morgan fingerprint density at radius 1 is 0.769 bits per heavy atom. The van der Waals surface area contributed by atoms with Gasteiger partial charge in [-0.05, 0) is 66.3 Å². The van der Waals surface area contributed by atoms with Crippen molar-refractivity contribution in [2.45, 2.75) is 88.4 Å². The summed E-state index contributed by atoms with van der Waals surface area (Å²) in [6.07, 6.45) is 10.2. The summed E-state index contributed by atoms with van der Waals surface area (Å²) < 4.78 is 40.7. The lowest BCUT2D eigenvalue weighted by atomic mass is 9.70. The summed E-state index contributed by atoms with van der Waals surface area (Å²) >= 11 is 0. The molecule has 3 aromatic carbocycles. The van der Waals surface area contributed by atoms with Crippen molar-refractivity contribution < 1.29 is 18.3 Å². The monoisotopic (exact) mass is 550 g/mol. The van der Waals surface area contributed by atoms with Crippen LogP contribution in [0.2, 0.25) is 18.1 Å². The van der Waals surface area contributed by atoms with Crippen molar-refractivity contribution in [3.63, 3.8) is 0 Å². The maximum atomic E-state index is 13.7. The first kappa shape index (κ1) is 28.2. The Morgan fingerprint density at radius 3 is 1.95 bits per heavy atom. The topological polar surface area (TPSA) is 20.2 Å². The Balaban J connectivity index is 1.20. The minimum absolute atomic E-state index is 0.288. The normalized spacial score (nSPS) is 27.4. The first-order chi connectivity index (χ1) is 18.8. The van der Waals surface area contributed by atoms with Crippen molar-refractivity contribution in [3.8, 4) is 11.1 Å². The van der Waals surface area contributed by atoms with Crippen LogP contribution in [0.3, 0.4) is 0 Å². The molecule has 0 unspecified atom stereocenters. The van der Waals surface area contributed by atoms with E-state index in [9.17, 15) is 18.3 Å². The molecule has 1 heterocycles. The van der Waals surface area contributed by atoms with E-state index in [1.807, 2.05) is 12.1 Å². The highest BCUT2D eigenvalue weighted by molar-refractivity contribution is 6.92. The maximum absolute atomic E-state index is 13.7. The zero-order chi connectivity index (χ0) is 27.5. The van der Waals surface area contributed by atoms with Crippen LogP contribution in [-0.2, 0) is 5.60 Å². The number of hydrogen-bond acceptors (Lipinski definition) is 1. The van der Waals surface area contributed by atoms with Crippen LogP contribution < -0.4 is 5.19 Å². The molecule has 39 heavy (non-hydrogen) atoms. The molecule has 2 aliphatic rings. The third kappa shape index (κ3) is 6.05. The number of rotatable bonds is 8. The largest absolute Gasteiger partial charge is 0.385 e. The van der Waals surface area contributed by atoms with Gasteiger partial charge in [0.1, 0.15) is 0 Å². The summed E-state index contributed by atoms with van der Waals surface area (Å²) in [5.74, 6) is -2.41. The molecule has 1 saturated heterocycles. The highest BCUT2D eigenvalue weighted by atomic mass is 28.3. The van der Waals surface area contributed by atoms with Crippen molar-refractivity contribution in [1.29, 1.82) is 0 Å². The highest BCUT2D eigenvalue weighted by Gasteiger charge is 2.43. The van der Waals surface area contributed by atoms with Gasteiger partial charge in [-0.15, -0.1) is 0 Å². The van der Waals surface area contributed by atoms with E-state index in [0.717, 1.165) is 49.3 Å². The van der Waals surface area contributed by atoms with Gasteiger partial charge in [-0.1, -0.05) is 117 Å². The first-order valence-electron chi connectivity index (χ1n) is 14.9. The quantitative estimate of drug-likeness (QED) is 0.168. The zero-order valence-corrected chi connectivity index (χ0v) is 24.1. The van der Waals surface area contributed by atoms with Crippen LogP contribution in [0.15, 0.2) is 66.7 Å². The van der Waals surface area contributed by atoms with Gasteiger partial charge >= 0.3 is 0 Å². The number of hydrogen-bond donors (Lipinski definition) is 1. The fourth-order valence-electron chi connectivity index (χ4n) is 7.43. The van der Waals surface area contributed by atoms with Crippen LogP contribution in [0.25, 0.3) is 11.1 Å². The summed E-state index contributed by atoms with van der Waals surface area (Å²) in [5, 5.41) is 13.2. The van der Waals surface area contributed by atoms with Crippen LogP contribution in [0, 0.1) is 29.3 Å². The highest BCUT2D eigenvalue weighted by Crippen LogP contribution is 2.47. The molecule has 0 bridgehead atoms. The van der Waals surface area contributed by atoms with Crippen LogP contribution >= 0.6 is 0 Å². The molecular formula is C34H41F3OSi. The van der Waals surface area contributed by atoms with Crippen LogP contribution in [-0.4, -0.2) is 13.2 Å². The Morgan fingerprint density at radius 2 is 1.36 bits per heavy atom. The summed E-state index contributed by atoms with van der Waals surface area (Å²) in [4.78, 5) is 0. The van der Waals surface area contributed by atoms with E-state index in [1.165, 1.54) is 50.2 Å². The minimum atomic E-state index is -1.45. The van der Waals surface area contributed by atoms with Crippen LogP contribution in [0.4, 0.5) is 13.2 Å². The second-order valence-electron chi connectivity index (χ2n) is 12.1. The predicted molar refractivity (Wildman–Crippen MR) is 156 cm³/mol. The van der Waals surface area contributed by atoms with E-state index >= 15 is 0 Å². The third-order valence-corrected chi connectivity index (χ3v) is 15.3. The molecule has 0 amide bonds. The number of aliphatic hydroxyl groups is 1. The lowest BCUT2D eigenvalue weighted by Gasteiger charge is -2.45. The molecule has 3 aromatic rings. The molecule has 2 fully saturated rings. The van der Waals surface area contributed by atoms with Gasteiger partial charge in [-0.3, -0.25) is 0 Å². The van der Waals surface area contributed by atoms with Crippen molar-refractivity contribution >= 4 is 13.3 Å². The standard InChI is InChI=1S/C34H41F3OSi/c1-2-3-7-20-39(30-8-5-4-6-9-30)21-16-27(17-22-39)26-14-18-34(38,19-15-26)29-12-10-25(11-13-29)28-23-31(35)33(37)32(36)24-28/h4-6,8-13,23-24,26-27,38H,2-3,7,14-22H2,1H3. The van der Waals surface area contributed by atoms with Gasteiger partial charge < -0.3 is 5.11 Å². The van der Waals surface area contributed by atoms with Crippen LogP contribution in [0.5, 0.6) is 0 Å². The molecule has 5 heteroatoms. The fourth-order valence-corrected chi connectivity index (χ4v) is 12.7. The van der Waals surface area contributed by atoms with E-state index in [2.05, 4.69) is 37.3 Å². The Bertz CT molecular complexity index is 1200. The number of halogens is 3. The Hall–Kier alpha value is -2.37. The second-order valence-corrected chi connectivity index (χ2v) is 16.8. The van der Waals surface area contributed by atoms with Crippen molar-refractivity contribution in [3.05, 3.63) is 89.7 Å². The zero-order valence-electron chi connectivity index (χ0n) is 23.1. The molecule has 0 atom stereocenters. The van der Waals surface area contributed by atoms with Gasteiger partial charge in [-0.2, -0.15) is 0 Å². The van der Waals surface area contributed by atoms with Gasteiger partial charge in [-0.25, -0.2) is 13.2 Å². The second kappa shape index (κ2) is 12.0. The van der Waals surface area contributed by atoms with Gasteiger partial charge in [0.05, 0.1) is 13.7 Å². The van der Waals surface area contributed by atoms with Gasteiger partial charge in [0, 0.05) is 0 Å². The first-order valence-corrected chi connectivity index (χ1v) is 17.5. The van der Waals surface area contributed by atoms with E-state index in [4.69, 9.17) is 0 Å². The number of benzene rings is 3. The molecule has 0 spiro atoms. The third-order valence-electron chi connectivity index (χ3n) is 9.90. The molecule has 0 radical (unpaired) electrons. The average molecular weight is 551 g/mol. The van der Waals surface area contributed by atoms with E-state index < -0.39 is 31.1 Å². The molecule has 1 aliphatic heterocycles. The lowest BCUT2D eigenvalue weighted by molar-refractivity contribution is -0.0231. The van der Waals surface area contributed by atoms with E-state index in [1.54, 1.807) is 17.3 Å². The molecule has 208 valence electrons.